The van der Waals surface area contributed by atoms with Crippen LogP contribution in [0.15, 0.2) is 162 Å². The van der Waals surface area contributed by atoms with Crippen molar-refractivity contribution in [2.75, 3.05) is 0 Å². The molecule has 6 aromatic carbocycles. The summed E-state index contributed by atoms with van der Waals surface area (Å²) in [4.78, 5) is 97.0. The van der Waals surface area contributed by atoms with Gasteiger partial charge in [0.1, 0.15) is 30.0 Å². The van der Waals surface area contributed by atoms with Gasteiger partial charge in [-0.2, -0.15) is 0 Å². The van der Waals surface area contributed by atoms with Crippen LogP contribution in [0.1, 0.15) is 220 Å². The highest BCUT2D eigenvalue weighted by Crippen LogP contribution is 2.39. The number of hydrogen-bond donors (Lipinski definition) is 3. The summed E-state index contributed by atoms with van der Waals surface area (Å²) in [6.07, 6.45) is 1.09. The minimum atomic E-state index is -0.524. The number of fused-ring (bicyclic) bond motifs is 4. The van der Waals surface area contributed by atoms with Crippen molar-refractivity contribution in [3.8, 4) is 22.9 Å². The molecule has 115 heavy (non-hydrogen) atoms. The molecule has 0 spiro atoms. The molecule has 7 aliphatic rings. The average Bonchev–Trinajstić information content (AvgIpc) is 1.62. The Hall–Kier alpha value is -10.3. The molecule has 24 heteroatoms. The number of halogens is 1. The molecule has 0 radical (unpaired) electrons. The van der Waals surface area contributed by atoms with Crippen LogP contribution in [-0.2, 0) is 108 Å². The summed E-state index contributed by atoms with van der Waals surface area (Å²) < 4.78 is 41.2. The smallest absolute Gasteiger partial charge is 0.473 e. The van der Waals surface area contributed by atoms with Gasteiger partial charge in [-0.1, -0.05) is 151 Å². The molecular formula is C91H110BBrN8O14. The first-order chi connectivity index (χ1) is 54.4. The molecule has 3 N–H and O–H groups in total. The van der Waals surface area contributed by atoms with Crippen LogP contribution >= 0.6 is 15.9 Å². The van der Waals surface area contributed by atoms with Crippen molar-refractivity contribution in [1.29, 1.82) is 0 Å². The zero-order valence-corrected chi connectivity index (χ0v) is 71.1. The van der Waals surface area contributed by atoms with Crippen molar-refractivity contribution in [3.63, 3.8) is 0 Å². The molecule has 0 aliphatic carbocycles. The highest BCUT2D eigenvalue weighted by atomic mass is 79.9. The summed E-state index contributed by atoms with van der Waals surface area (Å²) in [5.41, 5.74) is 16.2. The van der Waals surface area contributed by atoms with E-state index in [1.54, 1.807) is 14.7 Å². The van der Waals surface area contributed by atoms with Crippen LogP contribution in [0.25, 0.3) is 11.1 Å². The Balaban J connectivity index is 0.000000154. The molecule has 3 fully saturated rings. The molecule has 2 unspecified atom stereocenters. The quantitative estimate of drug-likeness (QED) is 0.0653. The Morgan fingerprint density at radius 2 is 0.870 bits per heavy atom. The highest BCUT2D eigenvalue weighted by molar-refractivity contribution is 9.10. The number of aromatic nitrogens is 2. The maximum absolute atomic E-state index is 12.4. The summed E-state index contributed by atoms with van der Waals surface area (Å²) in [5, 5.41) is 8.07. The molecule has 7 aliphatic heterocycles. The van der Waals surface area contributed by atoms with E-state index in [1.165, 1.54) is 22.3 Å². The second kappa shape index (κ2) is 37.6. The number of benzene rings is 6. The second-order valence-electron chi connectivity index (χ2n) is 33.3. The first kappa shape index (κ1) is 87.1. The number of nitrogens with zero attached hydrogens (tertiary/aromatic N) is 5. The number of hydrogen-bond acceptors (Lipinski definition) is 17. The van der Waals surface area contributed by atoms with Crippen LogP contribution in [0.4, 0.5) is 14.4 Å². The van der Waals surface area contributed by atoms with Gasteiger partial charge in [0.2, 0.25) is 35.4 Å². The molecule has 3 saturated heterocycles. The van der Waals surface area contributed by atoms with Gasteiger partial charge in [0.25, 0.3) is 0 Å². The lowest BCUT2D eigenvalue weighted by molar-refractivity contribution is -0.135. The largest absolute Gasteiger partial charge is 0.496 e. The highest BCUT2D eigenvalue weighted by Gasteiger charge is 2.52. The van der Waals surface area contributed by atoms with Gasteiger partial charge in [-0.25, -0.2) is 24.4 Å². The van der Waals surface area contributed by atoms with Gasteiger partial charge in [-0.15, -0.1) is 0 Å². The van der Waals surface area contributed by atoms with Crippen molar-refractivity contribution < 1.29 is 66.6 Å². The van der Waals surface area contributed by atoms with E-state index in [2.05, 4.69) is 78.2 Å². The van der Waals surface area contributed by atoms with E-state index >= 15 is 0 Å². The Morgan fingerprint density at radius 1 is 0.478 bits per heavy atom. The normalized spacial score (nSPS) is 17.4. The average molecular weight is 1630 g/mol. The molecule has 15 rings (SSSR count). The van der Waals surface area contributed by atoms with E-state index in [4.69, 9.17) is 33.0 Å². The van der Waals surface area contributed by atoms with E-state index in [-0.39, 0.29) is 64.9 Å². The molecular weight excluding hydrogens is 1520 g/mol. The second-order valence-corrected chi connectivity index (χ2v) is 34.2. The number of pyridine rings is 2. The molecule has 7 amide bonds. The van der Waals surface area contributed by atoms with Gasteiger partial charge in [0, 0.05) is 98.2 Å². The zero-order chi connectivity index (χ0) is 83.3. The monoisotopic (exact) mass is 1630 g/mol. The van der Waals surface area contributed by atoms with Crippen molar-refractivity contribution in [1.82, 2.24) is 40.6 Å². The van der Waals surface area contributed by atoms with Crippen molar-refractivity contribution in [3.05, 3.63) is 240 Å². The first-order valence-corrected chi connectivity index (χ1v) is 40.3. The molecule has 0 saturated carbocycles. The molecule has 8 aromatic rings. The van der Waals surface area contributed by atoms with E-state index in [0.29, 0.717) is 89.9 Å². The molecule has 608 valence electrons. The van der Waals surface area contributed by atoms with E-state index in [0.717, 1.165) is 90.0 Å². The molecule has 2 atom stereocenters. The van der Waals surface area contributed by atoms with Crippen molar-refractivity contribution >= 4 is 70.4 Å². The lowest BCUT2D eigenvalue weighted by atomic mass is 9.78. The fourth-order valence-corrected chi connectivity index (χ4v) is 14.1. The third kappa shape index (κ3) is 23.9. The topological polar surface area (TPSA) is 256 Å². The SMILES string of the molecule is CC.CC(C)(C)OC(=O)N1Cc2ccc(Br)cc2C1.CC(C)(C)OC(=O)N1Cc2ccc(C3CCC(=O)NC3=O)cc2C1.Cc1nc(OCc2ccccc2)ccc1-c1ccc2c(c1)CN(C(=O)OC(C)(C)C)C2.Cc1nc(OCc2ccccc2)ccc1B1OC(C)(C)C(C)(C)O1.O=C1CCC(c2ccc3c(c2)CNC3)C(=O)N1. The van der Waals surface area contributed by atoms with Crippen LogP contribution < -0.4 is 30.9 Å². The van der Waals surface area contributed by atoms with Crippen LogP contribution in [0.2, 0.25) is 0 Å². The van der Waals surface area contributed by atoms with Crippen molar-refractivity contribution in [2.45, 2.75) is 249 Å². The van der Waals surface area contributed by atoms with Crippen LogP contribution in [-0.4, -0.2) is 102 Å². The van der Waals surface area contributed by atoms with Crippen molar-refractivity contribution in [2.24, 2.45) is 0 Å². The number of amides is 7. The van der Waals surface area contributed by atoms with Gasteiger partial charge in [0.05, 0.1) is 23.0 Å². The number of rotatable bonds is 10. The van der Waals surface area contributed by atoms with Gasteiger partial charge in [-0.05, 0) is 219 Å². The Labute approximate surface area is 685 Å². The predicted molar refractivity (Wildman–Crippen MR) is 446 cm³/mol. The minimum Gasteiger partial charge on any atom is -0.473 e. The Bertz CT molecular complexity index is 4810. The number of carbonyl (C=O) groups is 7. The van der Waals surface area contributed by atoms with Crippen LogP contribution in [0.5, 0.6) is 11.8 Å². The summed E-state index contributed by atoms with van der Waals surface area (Å²) in [7, 11) is -0.398. The molecule has 22 nitrogen and oxygen atoms in total. The molecule has 0 bridgehead atoms. The number of ether oxygens (including phenoxy) is 5. The number of aryl methyl sites for hydroxylation is 2. The fraction of sp³-hybridized carbons (Fsp3) is 0.418. The summed E-state index contributed by atoms with van der Waals surface area (Å²) in [6.45, 7) is 39.1. The summed E-state index contributed by atoms with van der Waals surface area (Å²) in [5.74, 6) is -0.0240. The van der Waals surface area contributed by atoms with Gasteiger partial charge < -0.3 is 38.3 Å². The summed E-state index contributed by atoms with van der Waals surface area (Å²) in [6, 6.07) is 52.4. The molecule has 9 heterocycles. The lowest BCUT2D eigenvalue weighted by Crippen LogP contribution is -2.41. The number of carbonyl (C=O) groups excluding carboxylic acids is 7. The fourth-order valence-electron chi connectivity index (χ4n) is 13.7. The predicted octanol–water partition coefficient (Wildman–Crippen LogP) is 17.1. The zero-order valence-electron chi connectivity index (χ0n) is 69.5. The van der Waals surface area contributed by atoms with E-state index in [1.807, 2.05) is 239 Å². The first-order valence-electron chi connectivity index (χ1n) is 39.5. The number of imide groups is 2. The lowest BCUT2D eigenvalue weighted by Gasteiger charge is -2.32. The Morgan fingerprint density at radius 3 is 1.31 bits per heavy atom. The van der Waals surface area contributed by atoms with Gasteiger partial charge >= 0.3 is 25.4 Å². The van der Waals surface area contributed by atoms with Gasteiger partial charge in [-0.3, -0.25) is 44.5 Å². The number of piperidine rings is 2. The standard InChI is InChI=1S/C26H28N2O3.C19H24BNO3.C18H22N2O4.C13H16BrNO2.C13H14N2O2.C2H6/c1-18-23(12-13-24(27-18)30-17-19-8-6-5-7-9-19)20-10-11-21-15-28(16-22(21)14-20)25(29)31-26(2,3)4;1-14-16(20-23-18(2,3)19(4,5)24-20)11-12-17(21-14)22-13-15-9-7-6-8-10-15;1-18(2,3)24-17(23)20-9-12-5-4-11(8-13(12)10-20)14-6-7-15(21)19-16(14)22;1-13(2,3)17-12(16)15-7-9-4-5-11(14)6-10(9)8-15;16-12-4-3-11(13(17)15-12)8-1-2-9-6-14-7-10(9)5-8;1-2/h5-14H,15-17H2,1-4H3;6-12H,13H2,1-5H3;4-5,8,14H,6-7,9-10H2,1-3H3,(H,19,21,22);4-6H,7-8H2,1-3H3;1-2,5,11,14H,3-4,6-7H2,(H,15,16,17);1-2H3. The molecule has 2 aromatic heterocycles. The summed E-state index contributed by atoms with van der Waals surface area (Å²) >= 11 is 3.44. The third-order valence-corrected chi connectivity index (χ3v) is 20.8. The van der Waals surface area contributed by atoms with Crippen LogP contribution in [0, 0.1) is 13.8 Å². The van der Waals surface area contributed by atoms with Crippen LogP contribution in [0.3, 0.4) is 0 Å². The third-order valence-electron chi connectivity index (χ3n) is 20.3. The maximum atomic E-state index is 12.4. The Kier molecular flexibility index (Phi) is 28.5. The minimum absolute atomic E-state index is 0.158. The number of nitrogens with one attached hydrogen (secondary N) is 3. The van der Waals surface area contributed by atoms with Gasteiger partial charge in [0.15, 0.2) is 0 Å². The maximum Gasteiger partial charge on any atom is 0.496 e. The van der Waals surface area contributed by atoms with E-state index < -0.39 is 23.9 Å². The van der Waals surface area contributed by atoms with E-state index in [9.17, 15) is 33.6 Å².